The number of rotatable bonds is 8. The molecule has 2 heterocycles. The van der Waals surface area contributed by atoms with Gasteiger partial charge in [0, 0.05) is 12.5 Å². The van der Waals surface area contributed by atoms with Crippen LogP contribution in [0.3, 0.4) is 0 Å². The Balaban J connectivity index is 1.68. The van der Waals surface area contributed by atoms with E-state index in [1.54, 1.807) is 0 Å². The molecule has 0 aliphatic carbocycles. The van der Waals surface area contributed by atoms with Gasteiger partial charge in [-0.05, 0) is 50.4 Å². The lowest BCUT2D eigenvalue weighted by atomic mass is 10.1. The first kappa shape index (κ1) is 21.1. The Morgan fingerprint density at radius 2 is 2.10 bits per heavy atom. The van der Waals surface area contributed by atoms with Gasteiger partial charge in [-0.2, -0.15) is 18.2 Å². The summed E-state index contributed by atoms with van der Waals surface area (Å²) in [6, 6.07) is 3.63. The van der Waals surface area contributed by atoms with Gasteiger partial charge in [0.05, 0.1) is 24.8 Å². The van der Waals surface area contributed by atoms with E-state index in [-0.39, 0.29) is 36.4 Å². The van der Waals surface area contributed by atoms with E-state index in [9.17, 15) is 18.0 Å². The van der Waals surface area contributed by atoms with Crippen molar-refractivity contribution in [3.63, 3.8) is 0 Å². The lowest BCUT2D eigenvalue weighted by Crippen LogP contribution is -2.13. The fourth-order valence-corrected chi connectivity index (χ4v) is 3.01. The van der Waals surface area contributed by atoms with Gasteiger partial charge in [0.15, 0.2) is 0 Å². The Kier molecular flexibility index (Phi) is 6.73. The number of hydrogen-bond acceptors (Lipinski definition) is 7. The monoisotopic (exact) mass is 413 g/mol. The van der Waals surface area contributed by atoms with Crippen LogP contribution in [0.25, 0.3) is 11.4 Å². The van der Waals surface area contributed by atoms with Crippen molar-refractivity contribution < 1.29 is 32.0 Å². The van der Waals surface area contributed by atoms with Crippen LogP contribution in [0.4, 0.5) is 13.2 Å². The Hall–Kier alpha value is -2.62. The van der Waals surface area contributed by atoms with E-state index >= 15 is 0 Å². The van der Waals surface area contributed by atoms with Crippen LogP contribution in [-0.2, 0) is 15.7 Å². The zero-order valence-electron chi connectivity index (χ0n) is 15.9. The molecule has 0 spiro atoms. The maximum atomic E-state index is 13.5. The third-order valence-corrected chi connectivity index (χ3v) is 4.44. The number of hydrogen-bond donors (Lipinski definition) is 1. The second kappa shape index (κ2) is 9.25. The topological polar surface area (TPSA) is 86.5 Å². The minimum atomic E-state index is -4.59. The minimum absolute atomic E-state index is 0.0621. The van der Waals surface area contributed by atoms with Gasteiger partial charge >= 0.3 is 12.1 Å². The van der Waals surface area contributed by atoms with E-state index in [1.165, 1.54) is 19.1 Å². The number of alkyl halides is 3. The number of ether oxygens (including phenoxy) is 2. The van der Waals surface area contributed by atoms with Crippen molar-refractivity contribution in [2.45, 2.75) is 44.8 Å². The molecule has 0 bridgehead atoms. The molecular formula is C19H22F3N3O4. The number of benzene rings is 1. The summed E-state index contributed by atoms with van der Waals surface area (Å²) in [5.74, 6) is -0.185. The van der Waals surface area contributed by atoms with Gasteiger partial charge in [-0.25, -0.2) is 0 Å². The summed E-state index contributed by atoms with van der Waals surface area (Å²) in [6.45, 7) is 2.42. The average Bonchev–Trinajstić information content (AvgIpc) is 3.34. The summed E-state index contributed by atoms with van der Waals surface area (Å²) in [4.78, 5) is 14.9. The summed E-state index contributed by atoms with van der Waals surface area (Å²) < 4.78 is 55.8. The van der Waals surface area contributed by atoms with Crippen molar-refractivity contribution in [2.24, 2.45) is 0 Å². The lowest BCUT2D eigenvalue weighted by Gasteiger charge is -2.14. The number of nitrogens with zero attached hydrogens (tertiary/aromatic N) is 2. The van der Waals surface area contributed by atoms with Crippen LogP contribution >= 0.6 is 0 Å². The molecule has 1 fully saturated rings. The highest BCUT2D eigenvalue weighted by atomic mass is 19.4. The molecule has 7 nitrogen and oxygen atoms in total. The molecule has 0 radical (unpaired) electrons. The Morgan fingerprint density at radius 1 is 1.31 bits per heavy atom. The Labute approximate surface area is 165 Å². The van der Waals surface area contributed by atoms with Crippen LogP contribution in [0.1, 0.15) is 50.1 Å². The highest BCUT2D eigenvalue weighted by Gasteiger charge is 2.35. The van der Waals surface area contributed by atoms with Crippen molar-refractivity contribution in [3.05, 3.63) is 29.7 Å². The van der Waals surface area contributed by atoms with Crippen molar-refractivity contribution in [1.82, 2.24) is 15.5 Å². The van der Waals surface area contributed by atoms with Gasteiger partial charge in [-0.3, -0.25) is 4.79 Å². The summed E-state index contributed by atoms with van der Waals surface area (Å²) in [7, 11) is 0. The van der Waals surface area contributed by atoms with E-state index in [0.29, 0.717) is 18.7 Å². The van der Waals surface area contributed by atoms with Crippen molar-refractivity contribution in [1.29, 1.82) is 0 Å². The number of carbonyl (C=O) groups is 1. The third-order valence-electron chi connectivity index (χ3n) is 4.44. The molecule has 29 heavy (non-hydrogen) atoms. The first-order chi connectivity index (χ1) is 13.8. The number of esters is 1. The van der Waals surface area contributed by atoms with Gasteiger partial charge < -0.3 is 19.3 Å². The fraction of sp³-hybridized carbons (Fsp3) is 0.526. The molecule has 0 saturated carbocycles. The molecule has 1 saturated heterocycles. The second-order valence-electron chi connectivity index (χ2n) is 6.71. The van der Waals surface area contributed by atoms with Crippen LogP contribution in [0.15, 0.2) is 22.7 Å². The number of halogens is 3. The lowest BCUT2D eigenvalue weighted by molar-refractivity contribution is -0.141. The second-order valence-corrected chi connectivity index (χ2v) is 6.71. The molecule has 1 aromatic heterocycles. The first-order valence-electron chi connectivity index (χ1n) is 9.39. The zero-order chi connectivity index (χ0) is 20.9. The number of carbonyl (C=O) groups excluding carboxylic acids is 1. The number of nitrogens with one attached hydrogen (secondary N) is 1. The van der Waals surface area contributed by atoms with E-state index in [1.807, 2.05) is 0 Å². The molecular weight excluding hydrogens is 391 g/mol. The molecule has 158 valence electrons. The third kappa shape index (κ3) is 5.69. The van der Waals surface area contributed by atoms with Gasteiger partial charge in [0.2, 0.25) is 11.7 Å². The average molecular weight is 413 g/mol. The predicted octanol–water partition coefficient (Wildman–Crippen LogP) is 3.90. The van der Waals surface area contributed by atoms with E-state index in [2.05, 4.69) is 15.5 Å². The summed E-state index contributed by atoms with van der Waals surface area (Å²) in [5, 5.41) is 7.02. The van der Waals surface area contributed by atoms with Crippen LogP contribution in [0.5, 0.6) is 5.75 Å². The van der Waals surface area contributed by atoms with Crippen LogP contribution < -0.4 is 10.1 Å². The van der Waals surface area contributed by atoms with E-state index in [4.69, 9.17) is 14.0 Å². The summed E-state index contributed by atoms with van der Waals surface area (Å²) >= 11 is 0. The predicted molar refractivity (Wildman–Crippen MR) is 96.1 cm³/mol. The number of aromatic nitrogens is 2. The van der Waals surface area contributed by atoms with Crippen molar-refractivity contribution in [3.8, 4) is 17.1 Å². The molecule has 1 aromatic carbocycles. The molecule has 2 aromatic rings. The van der Waals surface area contributed by atoms with Gasteiger partial charge in [-0.1, -0.05) is 5.16 Å². The molecule has 10 heteroatoms. The number of unbranched alkanes of at least 4 members (excludes halogenated alkanes) is 1. The normalized spacial score (nSPS) is 16.8. The van der Waals surface area contributed by atoms with Crippen LogP contribution in [-0.4, -0.2) is 35.9 Å². The Morgan fingerprint density at radius 3 is 2.79 bits per heavy atom. The van der Waals surface area contributed by atoms with E-state index in [0.717, 1.165) is 25.5 Å². The summed E-state index contributed by atoms with van der Waals surface area (Å²) in [6.07, 6.45) is -1.81. The maximum Gasteiger partial charge on any atom is 0.419 e. The van der Waals surface area contributed by atoms with Gasteiger partial charge in [0.1, 0.15) is 5.75 Å². The molecule has 1 N–H and O–H groups in total. The molecule has 0 unspecified atom stereocenters. The summed E-state index contributed by atoms with van der Waals surface area (Å²) in [5.41, 5.74) is -0.701. The SMILES string of the molecule is CC(=O)OCCCCOc1ccc(-c2noc([C@@H]3CCCN3)n2)cc1C(F)(F)F. The molecule has 1 atom stereocenters. The Bertz CT molecular complexity index is 832. The van der Waals surface area contributed by atoms with Gasteiger partial charge in [-0.15, -0.1) is 0 Å². The van der Waals surface area contributed by atoms with Crippen LogP contribution in [0.2, 0.25) is 0 Å². The van der Waals surface area contributed by atoms with E-state index < -0.39 is 17.7 Å². The maximum absolute atomic E-state index is 13.5. The smallest absolute Gasteiger partial charge is 0.419 e. The van der Waals surface area contributed by atoms with Crippen molar-refractivity contribution in [2.75, 3.05) is 19.8 Å². The molecule has 3 rings (SSSR count). The van der Waals surface area contributed by atoms with Crippen LogP contribution in [0, 0.1) is 0 Å². The zero-order valence-corrected chi connectivity index (χ0v) is 15.9. The molecule has 0 amide bonds. The highest BCUT2D eigenvalue weighted by Crippen LogP contribution is 2.38. The van der Waals surface area contributed by atoms with Crippen molar-refractivity contribution >= 4 is 5.97 Å². The fourth-order valence-electron chi connectivity index (χ4n) is 3.01. The van der Waals surface area contributed by atoms with Gasteiger partial charge in [0.25, 0.3) is 0 Å². The first-order valence-corrected chi connectivity index (χ1v) is 9.39. The highest BCUT2D eigenvalue weighted by molar-refractivity contribution is 5.65. The standard InChI is InChI=1S/C19H22F3N3O4/c1-12(26)27-9-2-3-10-28-16-7-6-13(11-14(16)19(20,21)22)17-24-18(29-25-17)15-5-4-8-23-15/h6-7,11,15,23H,2-5,8-10H2,1H3/t15-/m0/s1. The molecule has 1 aliphatic heterocycles. The largest absolute Gasteiger partial charge is 0.493 e. The quantitative estimate of drug-likeness (QED) is 0.519. The minimum Gasteiger partial charge on any atom is -0.493 e. The molecule has 1 aliphatic rings.